The standard InChI is InChI=1S/C18H13F2N5O/c1-24-17-16(25(18(24)26)10-13-9-21-4-5-22-13)7-12(8-23-17)11-2-3-14(19)15(20)6-11/h2-9H,10H2,1H3. The van der Waals surface area contributed by atoms with Crippen LogP contribution in [-0.4, -0.2) is 24.1 Å². The van der Waals surface area contributed by atoms with Crippen LogP contribution in [0.2, 0.25) is 0 Å². The molecule has 0 saturated heterocycles. The summed E-state index contributed by atoms with van der Waals surface area (Å²) >= 11 is 0. The Morgan fingerprint density at radius 1 is 1.00 bits per heavy atom. The number of hydrogen-bond acceptors (Lipinski definition) is 4. The van der Waals surface area contributed by atoms with Crippen molar-refractivity contribution in [3.05, 3.63) is 76.9 Å². The van der Waals surface area contributed by atoms with Gasteiger partial charge in [-0.15, -0.1) is 0 Å². The summed E-state index contributed by atoms with van der Waals surface area (Å²) in [7, 11) is 1.63. The van der Waals surface area contributed by atoms with Gasteiger partial charge in [0.2, 0.25) is 0 Å². The molecule has 3 aromatic heterocycles. The van der Waals surface area contributed by atoms with Crippen LogP contribution in [0.25, 0.3) is 22.3 Å². The van der Waals surface area contributed by atoms with Crippen LogP contribution in [0.15, 0.2) is 53.8 Å². The van der Waals surface area contributed by atoms with Gasteiger partial charge in [-0.05, 0) is 23.8 Å². The molecule has 0 aliphatic heterocycles. The summed E-state index contributed by atoms with van der Waals surface area (Å²) in [6.45, 7) is 0.229. The Balaban J connectivity index is 1.88. The van der Waals surface area contributed by atoms with Gasteiger partial charge in [-0.3, -0.25) is 19.1 Å². The molecule has 0 unspecified atom stereocenters. The lowest BCUT2D eigenvalue weighted by atomic mass is 10.1. The van der Waals surface area contributed by atoms with E-state index in [1.54, 1.807) is 31.7 Å². The van der Waals surface area contributed by atoms with Gasteiger partial charge in [0.25, 0.3) is 0 Å². The SMILES string of the molecule is Cn1c(=O)n(Cc2cnccn2)c2cc(-c3ccc(F)c(F)c3)cnc21. The van der Waals surface area contributed by atoms with Crippen LogP contribution in [0.3, 0.4) is 0 Å². The highest BCUT2D eigenvalue weighted by Crippen LogP contribution is 2.24. The fraction of sp³-hybridized carbons (Fsp3) is 0.111. The van der Waals surface area contributed by atoms with Crippen molar-refractivity contribution >= 4 is 11.2 Å². The van der Waals surface area contributed by atoms with Crippen molar-refractivity contribution in [3.8, 4) is 11.1 Å². The van der Waals surface area contributed by atoms with E-state index in [1.165, 1.54) is 21.4 Å². The lowest BCUT2D eigenvalue weighted by molar-refractivity contribution is 0.509. The Hall–Kier alpha value is -3.42. The van der Waals surface area contributed by atoms with E-state index in [-0.39, 0.29) is 12.2 Å². The largest absolute Gasteiger partial charge is 0.330 e. The number of pyridine rings is 1. The van der Waals surface area contributed by atoms with E-state index in [2.05, 4.69) is 15.0 Å². The predicted molar refractivity (Wildman–Crippen MR) is 91.5 cm³/mol. The third-order valence-corrected chi connectivity index (χ3v) is 4.16. The van der Waals surface area contributed by atoms with Gasteiger partial charge >= 0.3 is 5.69 Å². The number of benzene rings is 1. The lowest BCUT2D eigenvalue weighted by Gasteiger charge is -2.05. The van der Waals surface area contributed by atoms with Crippen molar-refractivity contribution < 1.29 is 8.78 Å². The monoisotopic (exact) mass is 353 g/mol. The summed E-state index contributed by atoms with van der Waals surface area (Å²) in [5.41, 5.74) is 2.49. The zero-order chi connectivity index (χ0) is 18.3. The van der Waals surface area contributed by atoms with Crippen molar-refractivity contribution in [2.24, 2.45) is 7.05 Å². The van der Waals surface area contributed by atoms with Gasteiger partial charge in [0, 0.05) is 31.2 Å². The minimum Gasteiger partial charge on any atom is -0.284 e. The molecule has 4 aromatic rings. The molecule has 0 amide bonds. The van der Waals surface area contributed by atoms with Gasteiger partial charge in [0.15, 0.2) is 17.3 Å². The van der Waals surface area contributed by atoms with Crippen LogP contribution in [-0.2, 0) is 13.6 Å². The Morgan fingerprint density at radius 3 is 2.58 bits per heavy atom. The molecule has 0 fully saturated rings. The first-order valence-electron chi connectivity index (χ1n) is 7.80. The van der Waals surface area contributed by atoms with Gasteiger partial charge < -0.3 is 0 Å². The summed E-state index contributed by atoms with van der Waals surface area (Å²) in [6, 6.07) is 5.36. The minimum absolute atomic E-state index is 0.229. The van der Waals surface area contributed by atoms with Crippen LogP contribution in [0, 0.1) is 11.6 Å². The number of imidazole rings is 1. The first kappa shape index (κ1) is 16.1. The molecule has 0 aliphatic rings. The zero-order valence-corrected chi connectivity index (χ0v) is 13.7. The van der Waals surface area contributed by atoms with E-state index in [9.17, 15) is 13.6 Å². The van der Waals surface area contributed by atoms with Gasteiger partial charge in [-0.2, -0.15) is 0 Å². The first-order valence-corrected chi connectivity index (χ1v) is 7.80. The van der Waals surface area contributed by atoms with E-state index < -0.39 is 11.6 Å². The molecule has 130 valence electrons. The average molecular weight is 353 g/mol. The van der Waals surface area contributed by atoms with Crippen LogP contribution < -0.4 is 5.69 Å². The average Bonchev–Trinajstić information content (AvgIpc) is 2.89. The molecule has 3 heterocycles. The van der Waals surface area contributed by atoms with E-state index in [0.29, 0.717) is 28.0 Å². The van der Waals surface area contributed by atoms with Crippen LogP contribution in [0.5, 0.6) is 0 Å². The van der Waals surface area contributed by atoms with Crippen molar-refractivity contribution in [3.63, 3.8) is 0 Å². The number of hydrogen-bond donors (Lipinski definition) is 0. The van der Waals surface area contributed by atoms with Gasteiger partial charge in [0.1, 0.15) is 0 Å². The molecule has 6 nitrogen and oxygen atoms in total. The lowest BCUT2D eigenvalue weighted by Crippen LogP contribution is -2.23. The maximum Gasteiger partial charge on any atom is 0.330 e. The van der Waals surface area contributed by atoms with E-state index in [4.69, 9.17) is 0 Å². The van der Waals surface area contributed by atoms with Crippen molar-refractivity contribution in [1.82, 2.24) is 24.1 Å². The molecule has 1 aromatic carbocycles. The molecule has 26 heavy (non-hydrogen) atoms. The minimum atomic E-state index is -0.937. The second kappa shape index (κ2) is 6.14. The molecule has 0 saturated carbocycles. The molecule has 4 rings (SSSR count). The molecule has 0 radical (unpaired) electrons. The Bertz CT molecular complexity index is 1170. The number of rotatable bonds is 3. The second-order valence-corrected chi connectivity index (χ2v) is 5.82. The summed E-state index contributed by atoms with van der Waals surface area (Å²) in [5, 5.41) is 0. The van der Waals surface area contributed by atoms with E-state index >= 15 is 0 Å². The Morgan fingerprint density at radius 2 is 1.85 bits per heavy atom. The summed E-state index contributed by atoms with van der Waals surface area (Å²) < 4.78 is 29.7. The van der Waals surface area contributed by atoms with Crippen LogP contribution in [0.1, 0.15) is 5.69 Å². The normalized spacial score (nSPS) is 11.2. The number of halogens is 2. The molecule has 0 spiro atoms. The zero-order valence-electron chi connectivity index (χ0n) is 13.7. The summed E-state index contributed by atoms with van der Waals surface area (Å²) in [5.74, 6) is -1.85. The number of aryl methyl sites for hydroxylation is 1. The van der Waals surface area contributed by atoms with Crippen LogP contribution >= 0.6 is 0 Å². The maximum atomic E-state index is 13.5. The topological polar surface area (TPSA) is 65.6 Å². The molecular formula is C18H13F2N5O. The van der Waals surface area contributed by atoms with Gasteiger partial charge in [0.05, 0.1) is 24.0 Å². The third-order valence-electron chi connectivity index (χ3n) is 4.16. The third kappa shape index (κ3) is 2.65. The summed E-state index contributed by atoms with van der Waals surface area (Å²) in [6.07, 6.45) is 6.22. The van der Waals surface area contributed by atoms with Gasteiger partial charge in [-0.1, -0.05) is 6.07 Å². The second-order valence-electron chi connectivity index (χ2n) is 5.82. The Labute approximate surface area is 146 Å². The predicted octanol–water partition coefficient (Wildman–Crippen LogP) is 2.52. The molecule has 0 aliphatic carbocycles. The number of nitrogens with zero attached hydrogens (tertiary/aromatic N) is 5. The number of fused-ring (bicyclic) bond motifs is 1. The Kier molecular flexibility index (Phi) is 3.80. The molecule has 0 N–H and O–H groups in total. The molecular weight excluding hydrogens is 340 g/mol. The maximum absolute atomic E-state index is 13.5. The quantitative estimate of drug-likeness (QED) is 0.568. The van der Waals surface area contributed by atoms with Crippen molar-refractivity contribution in [2.45, 2.75) is 6.54 Å². The van der Waals surface area contributed by atoms with E-state index in [0.717, 1.165) is 12.1 Å². The molecule has 8 heteroatoms. The van der Waals surface area contributed by atoms with Gasteiger partial charge in [-0.25, -0.2) is 18.6 Å². The molecule has 0 atom stereocenters. The van der Waals surface area contributed by atoms with E-state index in [1.807, 2.05) is 0 Å². The number of aromatic nitrogens is 5. The fourth-order valence-corrected chi connectivity index (χ4v) is 2.84. The van der Waals surface area contributed by atoms with Crippen molar-refractivity contribution in [2.75, 3.05) is 0 Å². The molecule has 0 bridgehead atoms. The summed E-state index contributed by atoms with van der Waals surface area (Å²) in [4.78, 5) is 25.1. The highest BCUT2D eigenvalue weighted by atomic mass is 19.2. The highest BCUT2D eigenvalue weighted by Gasteiger charge is 2.14. The highest BCUT2D eigenvalue weighted by molar-refractivity contribution is 5.78. The van der Waals surface area contributed by atoms with Crippen molar-refractivity contribution in [1.29, 1.82) is 0 Å². The van der Waals surface area contributed by atoms with Crippen LogP contribution in [0.4, 0.5) is 8.78 Å². The smallest absolute Gasteiger partial charge is 0.284 e. The fourth-order valence-electron chi connectivity index (χ4n) is 2.84. The first-order chi connectivity index (χ1) is 12.5.